The van der Waals surface area contributed by atoms with Crippen LogP contribution in [0, 0.1) is 0 Å². The van der Waals surface area contributed by atoms with Crippen LogP contribution in [0.15, 0.2) is 0 Å². The molecule has 0 bridgehead atoms. The van der Waals surface area contributed by atoms with Crippen molar-refractivity contribution in [1.29, 1.82) is 0 Å². The normalized spacial score (nSPS) is 29.7. The highest BCUT2D eigenvalue weighted by Gasteiger charge is 2.51. The topological polar surface area (TPSA) is 141 Å². The highest BCUT2D eigenvalue weighted by molar-refractivity contribution is 8.29. The van der Waals surface area contributed by atoms with Crippen LogP contribution >= 0.6 is 0 Å². The molecular formula is C17H26O11S2. The van der Waals surface area contributed by atoms with Crippen molar-refractivity contribution >= 4 is 43.8 Å². The number of carbonyl (C=O) groups excluding carboxylic acids is 4. The zero-order chi connectivity index (χ0) is 25.9. The van der Waals surface area contributed by atoms with Crippen molar-refractivity contribution in [2.75, 3.05) is 19.5 Å². The maximum atomic E-state index is 12.0. The van der Waals surface area contributed by atoms with Gasteiger partial charge in [0.15, 0.2) is 18.3 Å². The number of ether oxygens (including phenoxy) is 5. The number of hydrogen-bond donors (Lipinski definition) is 0. The Morgan fingerprint density at radius 2 is 1.40 bits per heavy atom. The van der Waals surface area contributed by atoms with Gasteiger partial charge in [-0.15, -0.1) is 0 Å². The quantitative estimate of drug-likeness (QED) is 0.323. The van der Waals surface area contributed by atoms with E-state index < -0.39 is 97.4 Å². The van der Waals surface area contributed by atoms with Gasteiger partial charge in [-0.1, -0.05) is 0 Å². The van der Waals surface area contributed by atoms with E-state index in [4.69, 9.17) is 33.4 Å². The molecular weight excluding hydrogens is 444 g/mol. The second-order valence-electron chi connectivity index (χ2n) is 6.07. The van der Waals surface area contributed by atoms with Crippen LogP contribution in [0.25, 0.3) is 0 Å². The molecule has 1 aliphatic rings. The second kappa shape index (κ2) is 11.5. The molecule has 0 amide bonds. The number of carbonyl (C=O) groups is 4. The minimum atomic E-state index is -3.03. The van der Waals surface area contributed by atoms with Crippen molar-refractivity contribution in [1.82, 2.24) is 0 Å². The van der Waals surface area contributed by atoms with Gasteiger partial charge >= 0.3 is 23.9 Å². The molecule has 0 aliphatic carbocycles. The Morgan fingerprint density at radius 3 is 1.90 bits per heavy atom. The Morgan fingerprint density at radius 1 is 0.900 bits per heavy atom. The lowest BCUT2D eigenvalue weighted by atomic mass is 9.92. The van der Waals surface area contributed by atoms with Gasteiger partial charge in [0.25, 0.3) is 0 Å². The van der Waals surface area contributed by atoms with E-state index >= 15 is 0 Å². The predicted octanol–water partition coefficient (Wildman–Crippen LogP) is -0.190. The van der Waals surface area contributed by atoms with E-state index in [2.05, 4.69) is 11.2 Å². The molecule has 1 fully saturated rings. The van der Waals surface area contributed by atoms with Crippen LogP contribution in [0.3, 0.4) is 0 Å². The van der Waals surface area contributed by atoms with Gasteiger partial charge in [-0.25, -0.2) is 4.21 Å². The van der Waals surface area contributed by atoms with E-state index in [9.17, 15) is 23.4 Å². The second-order valence-corrected chi connectivity index (χ2v) is 9.53. The van der Waals surface area contributed by atoms with Gasteiger partial charge in [-0.2, -0.15) is 0 Å². The van der Waals surface area contributed by atoms with Crippen molar-refractivity contribution in [3.05, 3.63) is 0 Å². The molecule has 0 N–H and O–H groups in total. The molecule has 0 radical (unpaired) electrons. The molecule has 30 heavy (non-hydrogen) atoms. The molecule has 13 heteroatoms. The summed E-state index contributed by atoms with van der Waals surface area (Å²) in [5.74, 6) is -4.13. The lowest BCUT2D eigenvalue weighted by Gasteiger charge is -2.44. The smallest absolute Gasteiger partial charge is 0.303 e. The summed E-state index contributed by atoms with van der Waals surface area (Å²) in [6, 6.07) is 0. The van der Waals surface area contributed by atoms with Crippen LogP contribution in [-0.4, -0.2) is 78.1 Å². The van der Waals surface area contributed by atoms with Gasteiger partial charge in [-0.3, -0.25) is 23.4 Å². The fourth-order valence-corrected chi connectivity index (χ4v) is 3.33. The van der Waals surface area contributed by atoms with Crippen molar-refractivity contribution < 1.29 is 56.7 Å². The molecule has 1 saturated heterocycles. The first kappa shape index (κ1) is 20.1. The third-order valence-electron chi connectivity index (χ3n) is 3.64. The lowest BCUT2D eigenvalue weighted by Crippen LogP contribution is -2.62. The van der Waals surface area contributed by atoms with Crippen molar-refractivity contribution in [2.24, 2.45) is 0 Å². The van der Waals surface area contributed by atoms with Crippen LogP contribution in [0.2, 0.25) is 0 Å². The zero-order valence-corrected chi connectivity index (χ0v) is 17.8. The summed E-state index contributed by atoms with van der Waals surface area (Å²) in [7, 11) is -3.03. The Labute approximate surface area is 185 Å². The Balaban J connectivity index is 3.37. The maximum Gasteiger partial charge on any atom is 0.303 e. The van der Waals surface area contributed by atoms with Crippen LogP contribution in [0.1, 0.15) is 39.5 Å². The molecule has 6 atom stereocenters. The fourth-order valence-electron chi connectivity index (χ4n) is 2.72. The first-order chi connectivity index (χ1) is 15.9. The van der Waals surface area contributed by atoms with Crippen molar-refractivity contribution in [2.45, 2.75) is 64.5 Å². The molecule has 0 spiro atoms. The van der Waals surface area contributed by atoms with E-state index in [0.717, 1.165) is 0 Å². The van der Waals surface area contributed by atoms with E-state index in [1.807, 2.05) is 0 Å². The summed E-state index contributed by atoms with van der Waals surface area (Å²) in [6.07, 6.45) is -6.02. The number of esters is 4. The molecule has 1 heterocycles. The number of rotatable bonds is 9. The van der Waals surface area contributed by atoms with Crippen LogP contribution in [-0.2, 0) is 67.0 Å². The van der Waals surface area contributed by atoms with E-state index in [1.165, 1.54) is 6.26 Å². The summed E-state index contributed by atoms with van der Waals surface area (Å²) in [6.45, 7) is -4.01. The Kier molecular flexibility index (Phi) is 7.72. The Hall–Kier alpha value is -1.83. The highest BCUT2D eigenvalue weighted by atomic mass is 32.8. The average molecular weight is 475 g/mol. The summed E-state index contributed by atoms with van der Waals surface area (Å²) >= 11 is 4.67. The SMILES string of the molecule is [2H]CC(=O)OC[C@H]1OC(CCOS(C)(=O)=S)[C@H](OC(=O)C[2H])[C@@H](OC(=O)C[2H])[C@@H]1OC(=O)C[2H]. The van der Waals surface area contributed by atoms with Gasteiger partial charge in [0.1, 0.15) is 27.6 Å². The molecule has 0 saturated carbocycles. The van der Waals surface area contributed by atoms with E-state index in [0.29, 0.717) is 0 Å². The minimum absolute atomic E-state index is 0.131. The monoisotopic (exact) mass is 474 g/mol. The van der Waals surface area contributed by atoms with E-state index in [-0.39, 0.29) is 13.0 Å². The highest BCUT2D eigenvalue weighted by Crippen LogP contribution is 2.30. The summed E-state index contributed by atoms with van der Waals surface area (Å²) in [5.41, 5.74) is 0. The Bertz CT molecular complexity index is 826. The molecule has 0 aromatic heterocycles. The predicted molar refractivity (Wildman–Crippen MR) is 104 cm³/mol. The number of hydrogen-bond acceptors (Lipinski definition) is 12. The minimum Gasteiger partial charge on any atom is -0.463 e. The van der Waals surface area contributed by atoms with Gasteiger partial charge < -0.3 is 23.7 Å². The molecule has 172 valence electrons. The van der Waals surface area contributed by atoms with Gasteiger partial charge in [0, 0.05) is 56.9 Å². The van der Waals surface area contributed by atoms with Crippen LogP contribution in [0.5, 0.6) is 0 Å². The largest absolute Gasteiger partial charge is 0.463 e. The third kappa shape index (κ3) is 9.32. The summed E-state index contributed by atoms with van der Waals surface area (Å²) in [4.78, 5) is 47.3. The van der Waals surface area contributed by atoms with Crippen molar-refractivity contribution in [3.63, 3.8) is 0 Å². The molecule has 0 aromatic rings. The van der Waals surface area contributed by atoms with Crippen LogP contribution < -0.4 is 0 Å². The standard InChI is InChI=1S/C17H26O11S2/c1-9(18)23-8-14-16(26-11(3)20)17(27-12(4)21)15(25-10(2)19)13(28-14)6-7-24-30(5,22)29/h13-17H,6-8H2,1-5H3/t13?,14-,15+,16-,17-,30?/m1/s1/i1D,2D,3D,4D. The summed E-state index contributed by atoms with van der Waals surface area (Å²) < 4.78 is 71.7. The molecule has 2 unspecified atom stereocenters. The lowest BCUT2D eigenvalue weighted by molar-refractivity contribution is -0.253. The average Bonchev–Trinajstić information content (AvgIpc) is 2.79. The van der Waals surface area contributed by atoms with E-state index in [1.54, 1.807) is 0 Å². The molecule has 11 nitrogen and oxygen atoms in total. The first-order valence-electron chi connectivity index (χ1n) is 11.2. The molecule has 1 rings (SSSR count). The molecule has 0 aromatic carbocycles. The van der Waals surface area contributed by atoms with Gasteiger partial charge in [0.2, 0.25) is 0 Å². The van der Waals surface area contributed by atoms with Crippen LogP contribution in [0.4, 0.5) is 0 Å². The first-order valence-corrected chi connectivity index (χ1v) is 11.2. The zero-order valence-electron chi connectivity index (χ0n) is 20.1. The van der Waals surface area contributed by atoms with Gasteiger partial charge in [-0.05, 0) is 0 Å². The fraction of sp³-hybridized carbons (Fsp3) is 0.765. The maximum absolute atomic E-state index is 12.0. The van der Waals surface area contributed by atoms with Gasteiger partial charge in [0.05, 0.1) is 6.61 Å². The summed E-state index contributed by atoms with van der Waals surface area (Å²) in [5, 5.41) is 0. The van der Waals surface area contributed by atoms with Crippen molar-refractivity contribution in [3.8, 4) is 0 Å². The third-order valence-corrected chi connectivity index (χ3v) is 4.52. The molecule has 1 aliphatic heterocycles.